The third kappa shape index (κ3) is 3.60. The van der Waals surface area contributed by atoms with Gasteiger partial charge in [-0.15, -0.1) is 0 Å². The summed E-state index contributed by atoms with van der Waals surface area (Å²) in [6, 6.07) is 0. The van der Waals surface area contributed by atoms with Crippen LogP contribution in [0.3, 0.4) is 0 Å². The number of hydrogen-bond donors (Lipinski definition) is 0. The maximum Gasteiger partial charge on any atom is 0.303 e. The highest BCUT2D eigenvalue weighted by molar-refractivity contribution is 5.66. The minimum atomic E-state index is -0.741. The number of carbonyl (C=O) groups excluding carboxylic acids is 2. The second-order valence-electron chi connectivity index (χ2n) is 10.3. The minimum absolute atomic E-state index is 0.0323. The van der Waals surface area contributed by atoms with E-state index in [0.29, 0.717) is 24.9 Å². The molecule has 0 aromatic carbocycles. The molecule has 6 nitrogen and oxygen atoms in total. The van der Waals surface area contributed by atoms with E-state index >= 15 is 0 Å². The molecule has 3 heterocycles. The molecule has 0 unspecified atom stereocenters. The van der Waals surface area contributed by atoms with E-state index in [1.54, 1.807) is 0 Å². The summed E-state index contributed by atoms with van der Waals surface area (Å²) in [6.45, 7) is 12.2. The van der Waals surface area contributed by atoms with E-state index in [2.05, 4.69) is 26.8 Å². The Hall–Kier alpha value is -1.40. The molecule has 4 aliphatic rings. The summed E-state index contributed by atoms with van der Waals surface area (Å²) in [6.07, 6.45) is 3.75. The zero-order valence-electron chi connectivity index (χ0n) is 19.1. The summed E-state index contributed by atoms with van der Waals surface area (Å²) >= 11 is 0. The van der Waals surface area contributed by atoms with E-state index in [9.17, 15) is 9.59 Å². The van der Waals surface area contributed by atoms with Crippen LogP contribution in [0.4, 0.5) is 0 Å². The van der Waals surface area contributed by atoms with Gasteiger partial charge < -0.3 is 18.9 Å². The van der Waals surface area contributed by atoms with Crippen molar-refractivity contribution in [2.45, 2.75) is 90.8 Å². The number of rotatable bonds is 2. The van der Waals surface area contributed by atoms with Crippen LogP contribution in [0.15, 0.2) is 11.6 Å². The van der Waals surface area contributed by atoms with Gasteiger partial charge in [0, 0.05) is 32.1 Å². The Labute approximate surface area is 179 Å². The molecule has 168 valence electrons. The summed E-state index contributed by atoms with van der Waals surface area (Å²) in [7, 11) is 0. The van der Waals surface area contributed by atoms with Crippen LogP contribution in [0.1, 0.15) is 60.8 Å². The molecular weight excluding hydrogens is 384 g/mol. The smallest absolute Gasteiger partial charge is 0.303 e. The van der Waals surface area contributed by atoms with Crippen molar-refractivity contribution in [1.29, 1.82) is 0 Å². The van der Waals surface area contributed by atoms with Crippen molar-refractivity contribution in [1.82, 2.24) is 0 Å². The molecule has 1 saturated carbocycles. The van der Waals surface area contributed by atoms with Crippen molar-refractivity contribution in [2.24, 2.45) is 29.6 Å². The average Bonchev–Trinajstić information content (AvgIpc) is 3.00. The van der Waals surface area contributed by atoms with Gasteiger partial charge in [0.05, 0.1) is 18.8 Å². The molecule has 4 rings (SSSR count). The van der Waals surface area contributed by atoms with Gasteiger partial charge in [0.2, 0.25) is 0 Å². The molecule has 0 N–H and O–H groups in total. The molecule has 0 aromatic heterocycles. The molecule has 2 saturated heterocycles. The van der Waals surface area contributed by atoms with Crippen molar-refractivity contribution in [3.63, 3.8) is 0 Å². The highest BCUT2D eigenvalue weighted by Crippen LogP contribution is 2.57. The minimum Gasteiger partial charge on any atom is -0.462 e. The highest BCUT2D eigenvalue weighted by atomic mass is 16.6. The fourth-order valence-corrected chi connectivity index (χ4v) is 6.66. The van der Waals surface area contributed by atoms with E-state index in [0.717, 1.165) is 12.8 Å². The molecule has 0 spiro atoms. The van der Waals surface area contributed by atoms with Gasteiger partial charge in [-0.05, 0) is 44.4 Å². The molecule has 10 atom stereocenters. The van der Waals surface area contributed by atoms with E-state index in [-0.39, 0.29) is 48.0 Å². The Bertz CT molecular complexity index is 731. The summed E-state index contributed by atoms with van der Waals surface area (Å²) < 4.78 is 25.1. The van der Waals surface area contributed by atoms with E-state index in [1.807, 2.05) is 6.92 Å². The Balaban J connectivity index is 1.82. The zero-order chi connectivity index (χ0) is 21.8. The van der Waals surface area contributed by atoms with Gasteiger partial charge >= 0.3 is 11.9 Å². The van der Waals surface area contributed by atoms with Crippen LogP contribution >= 0.6 is 0 Å². The lowest BCUT2D eigenvalue weighted by Gasteiger charge is -2.47. The topological polar surface area (TPSA) is 71.1 Å². The van der Waals surface area contributed by atoms with Gasteiger partial charge in [-0.2, -0.15) is 0 Å². The SMILES string of the molecule is CC(=O)O[C@H]1[C@@H]2[C@@H]3[C@@H](C[C@H]1C)[C@@H](C)CO[C@@]1(C)[C@H](OC(C)=O)C/C=C(/C)C[C@@H]2O[C@@H]31. The maximum absolute atomic E-state index is 12.0. The number of fused-ring (bicyclic) bond motifs is 2. The van der Waals surface area contributed by atoms with E-state index in [1.165, 1.54) is 19.4 Å². The summed E-state index contributed by atoms with van der Waals surface area (Å²) in [5, 5.41) is 0. The first-order chi connectivity index (χ1) is 14.1. The van der Waals surface area contributed by atoms with Crippen LogP contribution in [-0.2, 0) is 28.5 Å². The molecule has 0 radical (unpaired) electrons. The first-order valence-corrected chi connectivity index (χ1v) is 11.4. The van der Waals surface area contributed by atoms with Crippen molar-refractivity contribution in [3.05, 3.63) is 11.6 Å². The van der Waals surface area contributed by atoms with Crippen LogP contribution in [0, 0.1) is 29.6 Å². The number of ether oxygens (including phenoxy) is 4. The third-order valence-corrected chi connectivity index (χ3v) is 8.03. The molecule has 3 aliphatic heterocycles. The molecule has 2 bridgehead atoms. The fourth-order valence-electron chi connectivity index (χ4n) is 6.66. The lowest BCUT2D eigenvalue weighted by Crippen LogP contribution is -2.57. The quantitative estimate of drug-likeness (QED) is 0.501. The van der Waals surface area contributed by atoms with Crippen molar-refractivity contribution in [2.75, 3.05) is 6.61 Å². The summed E-state index contributed by atoms with van der Waals surface area (Å²) in [5.41, 5.74) is 0.471. The molecule has 3 fully saturated rings. The molecule has 30 heavy (non-hydrogen) atoms. The Morgan fingerprint density at radius 3 is 2.47 bits per heavy atom. The van der Waals surface area contributed by atoms with Gasteiger partial charge in [0.25, 0.3) is 0 Å². The summed E-state index contributed by atoms with van der Waals surface area (Å²) in [4.78, 5) is 23.9. The predicted molar refractivity (Wildman–Crippen MR) is 111 cm³/mol. The predicted octanol–water partition coefficient (Wildman–Crippen LogP) is 3.67. The summed E-state index contributed by atoms with van der Waals surface area (Å²) in [5.74, 6) is 0.856. The number of hydrogen-bond acceptors (Lipinski definition) is 6. The highest BCUT2D eigenvalue weighted by Gasteiger charge is 2.65. The van der Waals surface area contributed by atoms with Crippen LogP contribution in [0.2, 0.25) is 0 Å². The number of carbonyl (C=O) groups is 2. The molecule has 0 aromatic rings. The van der Waals surface area contributed by atoms with Gasteiger partial charge in [-0.1, -0.05) is 25.5 Å². The van der Waals surface area contributed by atoms with Gasteiger partial charge in [0.15, 0.2) is 0 Å². The lowest BCUT2D eigenvalue weighted by molar-refractivity contribution is -0.200. The fraction of sp³-hybridized carbons (Fsp3) is 0.833. The van der Waals surface area contributed by atoms with Crippen molar-refractivity contribution in [3.8, 4) is 0 Å². The Morgan fingerprint density at radius 1 is 1.10 bits per heavy atom. The lowest BCUT2D eigenvalue weighted by atomic mass is 9.59. The van der Waals surface area contributed by atoms with Crippen LogP contribution in [0.25, 0.3) is 0 Å². The molecular formula is C24H36O6. The van der Waals surface area contributed by atoms with Crippen molar-refractivity contribution >= 4 is 11.9 Å². The maximum atomic E-state index is 12.0. The van der Waals surface area contributed by atoms with E-state index in [4.69, 9.17) is 18.9 Å². The van der Waals surface area contributed by atoms with Gasteiger partial charge in [-0.3, -0.25) is 9.59 Å². The molecule has 0 amide bonds. The monoisotopic (exact) mass is 420 g/mol. The van der Waals surface area contributed by atoms with Crippen LogP contribution < -0.4 is 0 Å². The van der Waals surface area contributed by atoms with Crippen molar-refractivity contribution < 1.29 is 28.5 Å². The second-order valence-corrected chi connectivity index (χ2v) is 10.3. The molecule has 6 heteroatoms. The normalized spacial score (nSPS) is 49.5. The van der Waals surface area contributed by atoms with Gasteiger partial charge in [-0.25, -0.2) is 0 Å². The largest absolute Gasteiger partial charge is 0.462 e. The van der Waals surface area contributed by atoms with Gasteiger partial charge in [0.1, 0.15) is 17.8 Å². The van der Waals surface area contributed by atoms with E-state index < -0.39 is 11.7 Å². The van der Waals surface area contributed by atoms with Crippen LogP contribution in [0.5, 0.6) is 0 Å². The second kappa shape index (κ2) is 7.94. The standard InChI is InChI=1S/C24H36O6/c1-12-7-8-19(28-15(4)25)24(6)23-20-17(14(3)11-27-24)10-13(2)22(29-16(5)26)21(20)18(9-12)30-23/h7,13-14,17-23H,8-11H2,1-6H3/b12-7-/t13-,14+,17+,18+,19-,20+,21+,22-,23+,24+/m1/s1. The average molecular weight is 421 g/mol. The molecule has 1 aliphatic carbocycles. The first-order valence-electron chi connectivity index (χ1n) is 11.4. The third-order valence-electron chi connectivity index (χ3n) is 8.03. The first kappa shape index (κ1) is 21.8. The Kier molecular flexibility index (Phi) is 5.77. The van der Waals surface area contributed by atoms with Crippen LogP contribution in [-0.4, -0.2) is 48.6 Å². The number of esters is 2. The zero-order valence-corrected chi connectivity index (χ0v) is 19.1. The Morgan fingerprint density at radius 2 is 1.80 bits per heavy atom.